The summed E-state index contributed by atoms with van der Waals surface area (Å²) >= 11 is 0. The normalized spacial score (nSPS) is 16.9. The third-order valence-electron chi connectivity index (χ3n) is 4.46. The molecule has 0 radical (unpaired) electrons. The highest BCUT2D eigenvalue weighted by molar-refractivity contribution is 5.51. The fourth-order valence-corrected chi connectivity index (χ4v) is 2.82. The molecule has 1 saturated heterocycles. The van der Waals surface area contributed by atoms with Gasteiger partial charge < -0.3 is 19.8 Å². The van der Waals surface area contributed by atoms with Crippen LogP contribution >= 0.6 is 0 Å². The van der Waals surface area contributed by atoms with E-state index in [0.29, 0.717) is 37.6 Å². The predicted octanol–water partition coefficient (Wildman–Crippen LogP) is 1.60. The zero-order valence-electron chi connectivity index (χ0n) is 13.9. The molecule has 3 rings (SSSR count). The number of hydrogen-bond acceptors (Lipinski definition) is 7. The predicted molar refractivity (Wildman–Crippen MR) is 89.3 cm³/mol. The Kier molecular flexibility index (Phi) is 4.64. The lowest BCUT2D eigenvalue weighted by molar-refractivity contribution is -0.0326. The molecule has 0 atom stereocenters. The van der Waals surface area contributed by atoms with E-state index in [4.69, 9.17) is 4.74 Å². The van der Waals surface area contributed by atoms with Crippen LogP contribution in [0.3, 0.4) is 0 Å². The van der Waals surface area contributed by atoms with Crippen molar-refractivity contribution in [2.24, 2.45) is 0 Å². The topological polar surface area (TPSA) is 91.6 Å². The smallest absolute Gasteiger partial charge is 0.227 e. The van der Waals surface area contributed by atoms with E-state index < -0.39 is 5.60 Å². The van der Waals surface area contributed by atoms with Gasteiger partial charge in [-0.2, -0.15) is 0 Å². The molecule has 0 unspecified atom stereocenters. The monoisotopic (exact) mass is 330 g/mol. The van der Waals surface area contributed by atoms with Crippen LogP contribution in [0.2, 0.25) is 0 Å². The van der Waals surface area contributed by atoms with E-state index in [0.717, 1.165) is 17.1 Å². The second-order valence-corrected chi connectivity index (χ2v) is 6.19. The third-order valence-corrected chi connectivity index (χ3v) is 4.46. The highest BCUT2D eigenvalue weighted by atomic mass is 16.5. The van der Waals surface area contributed by atoms with Crippen LogP contribution in [0.5, 0.6) is 11.6 Å². The van der Waals surface area contributed by atoms with E-state index in [1.165, 1.54) is 6.33 Å². The minimum atomic E-state index is -0.983. The lowest BCUT2D eigenvalue weighted by Gasteiger charge is -2.38. The van der Waals surface area contributed by atoms with E-state index in [1.54, 1.807) is 6.20 Å². The van der Waals surface area contributed by atoms with Gasteiger partial charge >= 0.3 is 0 Å². The molecule has 2 aromatic rings. The Hall–Kier alpha value is -2.25. The molecule has 1 fully saturated rings. The largest absolute Gasteiger partial charge is 0.437 e. The second-order valence-electron chi connectivity index (χ2n) is 6.19. The van der Waals surface area contributed by atoms with Gasteiger partial charge in [-0.1, -0.05) is 0 Å². The van der Waals surface area contributed by atoms with Gasteiger partial charge in [-0.05, 0) is 38.8 Å². The Morgan fingerprint density at radius 1 is 1.21 bits per heavy atom. The number of pyridine rings is 1. The molecule has 0 spiro atoms. The summed E-state index contributed by atoms with van der Waals surface area (Å²) in [7, 11) is 0. The van der Waals surface area contributed by atoms with Gasteiger partial charge in [-0.25, -0.2) is 9.97 Å². The molecule has 7 nitrogen and oxygen atoms in total. The maximum atomic E-state index is 10.2. The fraction of sp³-hybridized carbons (Fsp3) is 0.471. The molecule has 7 heteroatoms. The van der Waals surface area contributed by atoms with Crippen molar-refractivity contribution < 1.29 is 14.9 Å². The minimum Gasteiger partial charge on any atom is -0.437 e. The number of aliphatic hydroxyl groups is 2. The second kappa shape index (κ2) is 6.70. The Morgan fingerprint density at radius 2 is 1.96 bits per heavy atom. The quantitative estimate of drug-likeness (QED) is 0.880. The molecule has 1 aliphatic rings. The summed E-state index contributed by atoms with van der Waals surface area (Å²) in [6.45, 7) is 4.84. The van der Waals surface area contributed by atoms with Gasteiger partial charge in [0.2, 0.25) is 5.88 Å². The van der Waals surface area contributed by atoms with E-state index in [1.807, 2.05) is 26.0 Å². The maximum Gasteiger partial charge on any atom is 0.227 e. The van der Waals surface area contributed by atoms with Gasteiger partial charge in [-0.15, -0.1) is 0 Å². The van der Waals surface area contributed by atoms with Crippen LogP contribution in [-0.2, 0) is 0 Å². The van der Waals surface area contributed by atoms with Gasteiger partial charge in [0, 0.05) is 19.3 Å². The zero-order chi connectivity index (χ0) is 17.2. The first-order chi connectivity index (χ1) is 11.5. The standard InChI is InChI=1S/C17H22N4O3/c1-12-15(21-8-5-17(23,10-22)6-9-21)19-11-20-16(12)24-14-4-3-7-18-13(14)2/h3-4,7,11,22-23H,5-6,8-10H2,1-2H3. The number of aromatic nitrogens is 3. The lowest BCUT2D eigenvalue weighted by atomic mass is 9.92. The first-order valence-electron chi connectivity index (χ1n) is 8.02. The number of nitrogens with zero attached hydrogens (tertiary/aromatic N) is 4. The molecule has 1 aliphatic heterocycles. The highest BCUT2D eigenvalue weighted by Crippen LogP contribution is 2.31. The summed E-state index contributed by atoms with van der Waals surface area (Å²) in [5.41, 5.74) is 0.655. The molecule has 3 heterocycles. The van der Waals surface area contributed by atoms with Crippen molar-refractivity contribution in [1.29, 1.82) is 0 Å². The lowest BCUT2D eigenvalue weighted by Crippen LogP contribution is -2.47. The van der Waals surface area contributed by atoms with Gasteiger partial charge in [0.15, 0.2) is 5.75 Å². The average Bonchev–Trinajstić information content (AvgIpc) is 2.60. The van der Waals surface area contributed by atoms with Crippen LogP contribution < -0.4 is 9.64 Å². The number of piperidine rings is 1. The van der Waals surface area contributed by atoms with E-state index in [9.17, 15) is 10.2 Å². The van der Waals surface area contributed by atoms with Crippen molar-refractivity contribution in [3.8, 4) is 11.6 Å². The number of aliphatic hydroxyl groups excluding tert-OH is 1. The van der Waals surface area contributed by atoms with Gasteiger partial charge in [-0.3, -0.25) is 4.98 Å². The van der Waals surface area contributed by atoms with E-state index in [-0.39, 0.29) is 6.61 Å². The van der Waals surface area contributed by atoms with Crippen LogP contribution in [0.1, 0.15) is 24.1 Å². The molecule has 2 N–H and O–H groups in total. The van der Waals surface area contributed by atoms with Crippen molar-refractivity contribution >= 4 is 5.82 Å². The number of rotatable bonds is 4. The number of anilines is 1. The number of hydrogen-bond donors (Lipinski definition) is 2. The van der Waals surface area contributed by atoms with Gasteiger partial charge in [0.25, 0.3) is 0 Å². The SMILES string of the molecule is Cc1ncccc1Oc1ncnc(N2CCC(O)(CO)CC2)c1C. The Balaban J connectivity index is 1.80. The van der Waals surface area contributed by atoms with Crippen LogP contribution in [0.25, 0.3) is 0 Å². The Morgan fingerprint density at radius 3 is 2.62 bits per heavy atom. The summed E-state index contributed by atoms with van der Waals surface area (Å²) in [5.74, 6) is 1.96. The average molecular weight is 330 g/mol. The third kappa shape index (κ3) is 3.32. The fourth-order valence-electron chi connectivity index (χ4n) is 2.82. The first-order valence-corrected chi connectivity index (χ1v) is 8.02. The number of aryl methyl sites for hydroxylation is 1. The van der Waals surface area contributed by atoms with Gasteiger partial charge in [0.1, 0.15) is 12.1 Å². The molecule has 0 bridgehead atoms. The molecular formula is C17H22N4O3. The molecular weight excluding hydrogens is 308 g/mol. The van der Waals surface area contributed by atoms with E-state index in [2.05, 4.69) is 19.9 Å². The molecule has 0 saturated carbocycles. The Labute approximate surface area is 141 Å². The van der Waals surface area contributed by atoms with Crippen LogP contribution in [-0.4, -0.2) is 50.5 Å². The summed E-state index contributed by atoms with van der Waals surface area (Å²) in [5, 5.41) is 19.4. The molecule has 0 amide bonds. The summed E-state index contributed by atoms with van der Waals surface area (Å²) in [6, 6.07) is 3.67. The molecule has 0 aliphatic carbocycles. The minimum absolute atomic E-state index is 0.210. The van der Waals surface area contributed by atoms with Crippen LogP contribution in [0.4, 0.5) is 5.82 Å². The molecule has 128 valence electrons. The maximum absolute atomic E-state index is 10.2. The Bertz CT molecular complexity index is 715. The first kappa shape index (κ1) is 16.6. The van der Waals surface area contributed by atoms with Crippen molar-refractivity contribution in [3.05, 3.63) is 35.9 Å². The summed E-state index contributed by atoms with van der Waals surface area (Å²) in [6.07, 6.45) is 4.21. The molecule has 2 aromatic heterocycles. The summed E-state index contributed by atoms with van der Waals surface area (Å²) < 4.78 is 5.90. The zero-order valence-corrected chi connectivity index (χ0v) is 13.9. The summed E-state index contributed by atoms with van der Waals surface area (Å²) in [4.78, 5) is 14.9. The van der Waals surface area contributed by atoms with Crippen molar-refractivity contribution in [2.45, 2.75) is 32.3 Å². The molecule has 0 aromatic carbocycles. The highest BCUT2D eigenvalue weighted by Gasteiger charge is 2.32. The molecule has 24 heavy (non-hydrogen) atoms. The van der Waals surface area contributed by atoms with Gasteiger partial charge in [0.05, 0.1) is 23.5 Å². The van der Waals surface area contributed by atoms with E-state index >= 15 is 0 Å². The van der Waals surface area contributed by atoms with Crippen molar-refractivity contribution in [2.75, 3.05) is 24.6 Å². The van der Waals surface area contributed by atoms with Crippen LogP contribution in [0, 0.1) is 13.8 Å². The van der Waals surface area contributed by atoms with Crippen molar-refractivity contribution in [3.63, 3.8) is 0 Å². The van der Waals surface area contributed by atoms with Crippen LogP contribution in [0.15, 0.2) is 24.7 Å². The van der Waals surface area contributed by atoms with Crippen molar-refractivity contribution in [1.82, 2.24) is 15.0 Å². The number of ether oxygens (including phenoxy) is 1.